The number of amides is 2. The van der Waals surface area contributed by atoms with Crippen LogP contribution in [0.3, 0.4) is 0 Å². The van der Waals surface area contributed by atoms with Crippen LogP contribution in [0.5, 0.6) is 5.75 Å². The van der Waals surface area contributed by atoms with Crippen LogP contribution in [0, 0.1) is 0 Å². The normalized spacial score (nSPS) is 14.1. The highest BCUT2D eigenvalue weighted by Gasteiger charge is 2.26. The topological polar surface area (TPSA) is 88.9 Å². The maximum absolute atomic E-state index is 13.2. The first-order valence-corrected chi connectivity index (χ1v) is 13.0. The first kappa shape index (κ1) is 26.3. The van der Waals surface area contributed by atoms with Gasteiger partial charge in [0.25, 0.3) is 5.91 Å². The Morgan fingerprint density at radius 3 is 2.43 bits per heavy atom. The number of aromatic nitrogens is 2. The third-order valence-corrected chi connectivity index (χ3v) is 6.18. The highest BCUT2D eigenvalue weighted by Crippen LogP contribution is 2.30. The molecule has 1 N–H and O–H groups in total. The number of carbonyl (C=O) groups is 2. The van der Waals surface area contributed by atoms with Crippen LogP contribution in [0.2, 0.25) is 0 Å². The van der Waals surface area contributed by atoms with E-state index in [-0.39, 0.29) is 12.0 Å². The molecule has 4 rings (SSSR count). The van der Waals surface area contributed by atoms with E-state index in [1.807, 2.05) is 68.7 Å². The minimum Gasteiger partial charge on any atom is -0.493 e. The summed E-state index contributed by atoms with van der Waals surface area (Å²) in [5.74, 6) is 1.40. The summed E-state index contributed by atoms with van der Waals surface area (Å²) in [5.41, 5.74) is 1.66. The molecule has 1 aromatic carbocycles. The summed E-state index contributed by atoms with van der Waals surface area (Å²) < 4.78 is 13.4. The van der Waals surface area contributed by atoms with Crippen LogP contribution in [0.15, 0.2) is 42.6 Å². The summed E-state index contributed by atoms with van der Waals surface area (Å²) in [6.07, 6.45) is 2.30. The van der Waals surface area contributed by atoms with Gasteiger partial charge in [0.15, 0.2) is 0 Å². The van der Waals surface area contributed by atoms with Gasteiger partial charge in [0, 0.05) is 38.1 Å². The van der Waals surface area contributed by atoms with Gasteiger partial charge in [-0.25, -0.2) is 9.78 Å². The number of ether oxygens (including phenoxy) is 2. The van der Waals surface area contributed by atoms with Crippen LogP contribution in [0.4, 0.5) is 16.3 Å². The molecule has 0 aliphatic carbocycles. The van der Waals surface area contributed by atoms with Gasteiger partial charge in [0.05, 0.1) is 24.0 Å². The lowest BCUT2D eigenvalue weighted by Gasteiger charge is -2.36. The van der Waals surface area contributed by atoms with Crippen molar-refractivity contribution in [1.29, 1.82) is 0 Å². The van der Waals surface area contributed by atoms with Gasteiger partial charge in [-0.15, -0.1) is 0 Å². The van der Waals surface area contributed by atoms with Gasteiger partial charge < -0.3 is 29.2 Å². The van der Waals surface area contributed by atoms with Crippen LogP contribution in [0.1, 0.15) is 51.5 Å². The standard InChI is InChI=1S/C28H37N5O4/c1-6-17-36-24-10-8-9-22-21(24)18-23(33(22)7-2)26(34)30-20-11-12-25(29-19-20)31-13-15-32(16-14-31)27(35)37-28(3,4)5/h8-12,18-19H,6-7,13-17H2,1-5H3,(H,30,34). The summed E-state index contributed by atoms with van der Waals surface area (Å²) in [6.45, 7) is 13.5. The van der Waals surface area contributed by atoms with Crippen molar-refractivity contribution in [2.45, 2.75) is 53.2 Å². The largest absolute Gasteiger partial charge is 0.493 e. The Kier molecular flexibility index (Phi) is 7.90. The van der Waals surface area contributed by atoms with E-state index in [2.05, 4.69) is 22.1 Å². The van der Waals surface area contributed by atoms with Crippen LogP contribution < -0.4 is 15.0 Å². The fraction of sp³-hybridized carbons (Fsp3) is 0.464. The molecular weight excluding hydrogens is 470 g/mol. The third-order valence-electron chi connectivity index (χ3n) is 6.18. The number of carbonyl (C=O) groups excluding carboxylic acids is 2. The zero-order valence-corrected chi connectivity index (χ0v) is 22.4. The van der Waals surface area contributed by atoms with E-state index in [9.17, 15) is 9.59 Å². The van der Waals surface area contributed by atoms with E-state index >= 15 is 0 Å². The zero-order chi connectivity index (χ0) is 26.6. The molecule has 0 saturated carbocycles. The average Bonchev–Trinajstić information content (AvgIpc) is 3.26. The molecule has 9 nitrogen and oxygen atoms in total. The number of aryl methyl sites for hydroxylation is 1. The Balaban J connectivity index is 1.41. The predicted octanol–water partition coefficient (Wildman–Crippen LogP) is 5.15. The van der Waals surface area contributed by atoms with Crippen molar-refractivity contribution < 1.29 is 19.1 Å². The number of benzene rings is 1. The summed E-state index contributed by atoms with van der Waals surface area (Å²) in [4.78, 5) is 33.9. The Morgan fingerprint density at radius 1 is 1.05 bits per heavy atom. The monoisotopic (exact) mass is 507 g/mol. The van der Waals surface area contributed by atoms with Gasteiger partial charge in [-0.3, -0.25) is 4.79 Å². The molecule has 0 bridgehead atoms. The SMILES string of the molecule is CCCOc1cccc2c1cc(C(=O)Nc1ccc(N3CCN(C(=O)OC(C)(C)C)CC3)nc1)n2CC. The number of nitrogens with one attached hydrogen (secondary N) is 1. The molecule has 1 fully saturated rings. The van der Waals surface area contributed by atoms with Gasteiger partial charge in [-0.2, -0.15) is 0 Å². The lowest BCUT2D eigenvalue weighted by molar-refractivity contribution is 0.0240. The molecule has 3 aromatic rings. The predicted molar refractivity (Wildman–Crippen MR) is 146 cm³/mol. The van der Waals surface area contributed by atoms with Gasteiger partial charge in [0.2, 0.25) is 0 Å². The van der Waals surface area contributed by atoms with E-state index in [0.29, 0.717) is 50.7 Å². The number of piperazine rings is 1. The van der Waals surface area contributed by atoms with Crippen LogP contribution in [-0.2, 0) is 11.3 Å². The summed E-state index contributed by atoms with van der Waals surface area (Å²) >= 11 is 0. The highest BCUT2D eigenvalue weighted by molar-refractivity contribution is 6.07. The first-order chi connectivity index (χ1) is 17.7. The van der Waals surface area contributed by atoms with Crippen molar-refractivity contribution in [2.24, 2.45) is 0 Å². The molecule has 0 atom stereocenters. The molecule has 0 unspecified atom stereocenters. The van der Waals surface area contributed by atoms with Crippen molar-refractivity contribution in [3.63, 3.8) is 0 Å². The zero-order valence-electron chi connectivity index (χ0n) is 22.4. The molecule has 9 heteroatoms. The van der Waals surface area contributed by atoms with Crippen molar-refractivity contribution in [2.75, 3.05) is 43.0 Å². The number of pyridine rings is 1. The van der Waals surface area contributed by atoms with Crippen LogP contribution >= 0.6 is 0 Å². The summed E-state index contributed by atoms with van der Waals surface area (Å²) in [5, 5.41) is 3.91. The number of anilines is 2. The summed E-state index contributed by atoms with van der Waals surface area (Å²) in [7, 11) is 0. The number of hydrogen-bond acceptors (Lipinski definition) is 6. The van der Waals surface area contributed by atoms with Crippen LogP contribution in [0.25, 0.3) is 10.9 Å². The lowest BCUT2D eigenvalue weighted by Crippen LogP contribution is -2.50. The molecular formula is C28H37N5O4. The Bertz CT molecular complexity index is 1240. The van der Waals surface area contributed by atoms with Crippen molar-refractivity contribution in [3.05, 3.63) is 48.3 Å². The highest BCUT2D eigenvalue weighted by atomic mass is 16.6. The Hall–Kier alpha value is -3.75. The molecule has 2 amide bonds. The minimum absolute atomic E-state index is 0.194. The maximum atomic E-state index is 13.2. The van der Waals surface area contributed by atoms with E-state index in [1.54, 1.807) is 11.1 Å². The fourth-order valence-electron chi connectivity index (χ4n) is 4.41. The molecule has 3 heterocycles. The van der Waals surface area contributed by atoms with Gasteiger partial charge >= 0.3 is 6.09 Å². The van der Waals surface area contributed by atoms with Crippen LogP contribution in [-0.4, -0.2) is 64.8 Å². The number of hydrogen-bond donors (Lipinski definition) is 1. The van der Waals surface area contributed by atoms with Crippen molar-refractivity contribution in [3.8, 4) is 5.75 Å². The maximum Gasteiger partial charge on any atom is 0.410 e. The number of nitrogens with zero attached hydrogens (tertiary/aromatic N) is 4. The van der Waals surface area contributed by atoms with E-state index in [1.165, 1.54) is 0 Å². The van der Waals surface area contributed by atoms with Gasteiger partial charge in [-0.1, -0.05) is 13.0 Å². The van der Waals surface area contributed by atoms with Crippen molar-refractivity contribution >= 4 is 34.4 Å². The third kappa shape index (κ3) is 6.15. The van der Waals surface area contributed by atoms with E-state index < -0.39 is 5.60 Å². The molecule has 198 valence electrons. The average molecular weight is 508 g/mol. The molecule has 37 heavy (non-hydrogen) atoms. The van der Waals surface area contributed by atoms with Crippen molar-refractivity contribution in [1.82, 2.24) is 14.5 Å². The second-order valence-corrected chi connectivity index (χ2v) is 10.1. The second-order valence-electron chi connectivity index (χ2n) is 10.1. The second kappa shape index (κ2) is 11.1. The molecule has 2 aromatic heterocycles. The number of rotatable bonds is 7. The number of fused-ring (bicyclic) bond motifs is 1. The molecule has 1 aliphatic rings. The Morgan fingerprint density at radius 2 is 1.81 bits per heavy atom. The minimum atomic E-state index is -0.507. The molecule has 1 saturated heterocycles. The molecule has 1 aliphatic heterocycles. The lowest BCUT2D eigenvalue weighted by atomic mass is 10.2. The quantitative estimate of drug-likeness (QED) is 0.476. The summed E-state index contributed by atoms with van der Waals surface area (Å²) in [6, 6.07) is 11.5. The molecule has 0 spiro atoms. The fourth-order valence-corrected chi connectivity index (χ4v) is 4.41. The first-order valence-electron chi connectivity index (χ1n) is 13.0. The molecule has 0 radical (unpaired) electrons. The van der Waals surface area contributed by atoms with E-state index in [0.717, 1.165) is 28.9 Å². The van der Waals surface area contributed by atoms with Gasteiger partial charge in [-0.05, 0) is 64.4 Å². The smallest absolute Gasteiger partial charge is 0.410 e. The Labute approximate surface area is 218 Å². The van der Waals surface area contributed by atoms with E-state index in [4.69, 9.17) is 9.47 Å². The van der Waals surface area contributed by atoms with Gasteiger partial charge in [0.1, 0.15) is 22.9 Å².